The molecule has 0 aliphatic rings. The summed E-state index contributed by atoms with van der Waals surface area (Å²) >= 11 is 0. The first-order chi connectivity index (χ1) is 4.92. The van der Waals surface area contributed by atoms with Crippen molar-refractivity contribution in [2.24, 2.45) is 0 Å². The molecule has 0 atom stereocenters. The van der Waals surface area contributed by atoms with Gasteiger partial charge in [-0.25, -0.2) is 0 Å². The summed E-state index contributed by atoms with van der Waals surface area (Å²) < 4.78 is 34.7. The molecule has 0 spiro atoms. The van der Waals surface area contributed by atoms with E-state index in [1.165, 1.54) is 0 Å². The van der Waals surface area contributed by atoms with Gasteiger partial charge in [0.25, 0.3) is 0 Å². The fourth-order valence-electron chi connectivity index (χ4n) is 0.680. The highest BCUT2D eigenvalue weighted by Crippen LogP contribution is 2.20. The number of halogens is 3. The van der Waals surface area contributed by atoms with Gasteiger partial charge in [-0.15, -0.1) is 0 Å². The van der Waals surface area contributed by atoms with Crippen molar-refractivity contribution in [1.82, 2.24) is 5.32 Å². The summed E-state index contributed by atoms with van der Waals surface area (Å²) in [4.78, 5) is 0. The quantitative estimate of drug-likeness (QED) is 0.637. The van der Waals surface area contributed by atoms with Gasteiger partial charge in [-0.05, 0) is 13.0 Å². The average molecular weight is 169 g/mol. The molecule has 0 aliphatic heterocycles. The van der Waals surface area contributed by atoms with Crippen molar-refractivity contribution in [2.45, 2.75) is 38.9 Å². The lowest BCUT2D eigenvalue weighted by molar-refractivity contribution is -0.135. The Labute approximate surface area is 65.0 Å². The molecular formula is C7H14F3N. The van der Waals surface area contributed by atoms with Crippen LogP contribution in [0.1, 0.15) is 26.7 Å². The highest BCUT2D eigenvalue weighted by molar-refractivity contribution is 4.56. The molecule has 0 bridgehead atoms. The second kappa shape index (κ2) is 4.59. The van der Waals surface area contributed by atoms with Gasteiger partial charge in [0.05, 0.1) is 0 Å². The Bertz CT molecular complexity index is 98.3. The summed E-state index contributed by atoms with van der Waals surface area (Å²) in [7, 11) is 0. The lowest BCUT2D eigenvalue weighted by Gasteiger charge is -2.08. The Kier molecular flexibility index (Phi) is 4.49. The monoisotopic (exact) mass is 169 g/mol. The molecule has 1 nitrogen and oxygen atoms in total. The van der Waals surface area contributed by atoms with Gasteiger partial charge in [-0.1, -0.05) is 13.8 Å². The lowest BCUT2D eigenvalue weighted by atomic mass is 10.3. The second-order valence-electron chi connectivity index (χ2n) is 2.83. The minimum absolute atomic E-state index is 0.168. The van der Waals surface area contributed by atoms with Crippen molar-refractivity contribution in [3.63, 3.8) is 0 Å². The van der Waals surface area contributed by atoms with Crippen LogP contribution in [0.2, 0.25) is 0 Å². The molecule has 0 saturated carbocycles. The Balaban J connectivity index is 3.15. The third-order valence-corrected chi connectivity index (χ3v) is 1.19. The van der Waals surface area contributed by atoms with Crippen molar-refractivity contribution >= 4 is 0 Å². The molecule has 0 fully saturated rings. The Morgan fingerprint density at radius 3 is 2.18 bits per heavy atom. The van der Waals surface area contributed by atoms with E-state index in [1.54, 1.807) is 0 Å². The first-order valence-electron chi connectivity index (χ1n) is 3.72. The van der Waals surface area contributed by atoms with Gasteiger partial charge in [0, 0.05) is 12.5 Å². The van der Waals surface area contributed by atoms with Crippen molar-refractivity contribution in [2.75, 3.05) is 6.54 Å². The third-order valence-electron chi connectivity index (χ3n) is 1.19. The molecule has 0 radical (unpaired) electrons. The van der Waals surface area contributed by atoms with Crippen molar-refractivity contribution in [3.05, 3.63) is 0 Å². The fraction of sp³-hybridized carbons (Fsp3) is 1.00. The highest BCUT2D eigenvalue weighted by atomic mass is 19.4. The van der Waals surface area contributed by atoms with Crippen molar-refractivity contribution < 1.29 is 13.2 Å². The van der Waals surface area contributed by atoms with Crippen LogP contribution in [0.5, 0.6) is 0 Å². The smallest absolute Gasteiger partial charge is 0.315 e. The largest absolute Gasteiger partial charge is 0.389 e. The zero-order chi connectivity index (χ0) is 8.91. The fourth-order valence-corrected chi connectivity index (χ4v) is 0.680. The summed E-state index contributed by atoms with van der Waals surface area (Å²) in [5.74, 6) is 0. The molecule has 0 aliphatic carbocycles. The zero-order valence-electron chi connectivity index (χ0n) is 6.83. The number of rotatable bonds is 4. The van der Waals surface area contributed by atoms with E-state index in [0.29, 0.717) is 6.54 Å². The van der Waals surface area contributed by atoms with E-state index in [1.807, 2.05) is 13.8 Å². The number of hydrogen-bond acceptors (Lipinski definition) is 1. The molecule has 0 unspecified atom stereocenters. The van der Waals surface area contributed by atoms with E-state index in [4.69, 9.17) is 0 Å². The van der Waals surface area contributed by atoms with Gasteiger partial charge < -0.3 is 5.32 Å². The van der Waals surface area contributed by atoms with Crippen LogP contribution in [0.15, 0.2) is 0 Å². The number of alkyl halides is 3. The zero-order valence-corrected chi connectivity index (χ0v) is 6.83. The van der Waals surface area contributed by atoms with Crippen molar-refractivity contribution in [3.8, 4) is 0 Å². The molecule has 0 rings (SSSR count). The van der Waals surface area contributed by atoms with Crippen molar-refractivity contribution in [1.29, 1.82) is 0 Å². The number of hydrogen-bond donors (Lipinski definition) is 1. The summed E-state index contributed by atoms with van der Waals surface area (Å²) in [5, 5.41) is 2.92. The normalized spacial score (nSPS) is 12.5. The van der Waals surface area contributed by atoms with Gasteiger partial charge in [-0.3, -0.25) is 0 Å². The SMILES string of the molecule is CC(C)NCCCC(F)(F)F. The van der Waals surface area contributed by atoms with Crippen LogP contribution in [-0.4, -0.2) is 18.8 Å². The maximum Gasteiger partial charge on any atom is 0.389 e. The van der Waals surface area contributed by atoms with Gasteiger partial charge in [0.15, 0.2) is 0 Å². The van der Waals surface area contributed by atoms with E-state index in [9.17, 15) is 13.2 Å². The van der Waals surface area contributed by atoms with E-state index in [0.717, 1.165) is 0 Å². The van der Waals surface area contributed by atoms with Crippen LogP contribution in [0.3, 0.4) is 0 Å². The molecular weight excluding hydrogens is 155 g/mol. The van der Waals surface area contributed by atoms with Crippen LogP contribution in [-0.2, 0) is 0 Å². The summed E-state index contributed by atoms with van der Waals surface area (Å²) in [6.07, 6.45) is -4.52. The standard InChI is InChI=1S/C7H14F3N/c1-6(2)11-5-3-4-7(8,9)10/h6,11H,3-5H2,1-2H3. The summed E-state index contributed by atoms with van der Waals surface area (Å²) in [6, 6.07) is 0.267. The maximum absolute atomic E-state index is 11.6. The minimum atomic E-state index is -4.00. The molecule has 4 heteroatoms. The Morgan fingerprint density at radius 2 is 1.82 bits per heavy atom. The average Bonchev–Trinajstić information content (AvgIpc) is 1.78. The molecule has 68 valence electrons. The topological polar surface area (TPSA) is 12.0 Å². The minimum Gasteiger partial charge on any atom is -0.315 e. The molecule has 0 aromatic rings. The molecule has 0 aromatic carbocycles. The molecule has 0 heterocycles. The van der Waals surface area contributed by atoms with E-state index in [2.05, 4.69) is 5.32 Å². The highest BCUT2D eigenvalue weighted by Gasteiger charge is 2.25. The lowest BCUT2D eigenvalue weighted by Crippen LogP contribution is -2.24. The van der Waals surface area contributed by atoms with Gasteiger partial charge >= 0.3 is 6.18 Å². The van der Waals surface area contributed by atoms with Crippen LogP contribution in [0, 0.1) is 0 Å². The molecule has 0 amide bonds. The Morgan fingerprint density at radius 1 is 1.27 bits per heavy atom. The van der Waals surface area contributed by atoms with Gasteiger partial charge in [0.2, 0.25) is 0 Å². The first-order valence-corrected chi connectivity index (χ1v) is 3.72. The van der Waals surface area contributed by atoms with Gasteiger partial charge in [0.1, 0.15) is 0 Å². The molecule has 1 N–H and O–H groups in total. The summed E-state index contributed by atoms with van der Waals surface area (Å²) in [6.45, 7) is 4.26. The third kappa shape index (κ3) is 9.75. The number of nitrogens with one attached hydrogen (secondary N) is 1. The summed E-state index contributed by atoms with van der Waals surface area (Å²) in [5.41, 5.74) is 0. The van der Waals surface area contributed by atoms with Crippen LogP contribution < -0.4 is 5.32 Å². The predicted octanol–water partition coefficient (Wildman–Crippen LogP) is 2.33. The van der Waals surface area contributed by atoms with E-state index >= 15 is 0 Å². The van der Waals surface area contributed by atoms with E-state index in [-0.39, 0.29) is 12.5 Å². The second-order valence-corrected chi connectivity index (χ2v) is 2.83. The predicted molar refractivity (Wildman–Crippen MR) is 38.4 cm³/mol. The molecule has 11 heavy (non-hydrogen) atoms. The van der Waals surface area contributed by atoms with E-state index < -0.39 is 12.6 Å². The van der Waals surface area contributed by atoms with Crippen LogP contribution in [0.25, 0.3) is 0 Å². The first kappa shape index (κ1) is 10.8. The van der Waals surface area contributed by atoms with Crippen LogP contribution >= 0.6 is 0 Å². The molecule has 0 saturated heterocycles. The van der Waals surface area contributed by atoms with Gasteiger partial charge in [-0.2, -0.15) is 13.2 Å². The van der Waals surface area contributed by atoms with Crippen LogP contribution in [0.4, 0.5) is 13.2 Å². The Hall–Kier alpha value is -0.250. The molecule has 0 aromatic heterocycles. The maximum atomic E-state index is 11.6.